The summed E-state index contributed by atoms with van der Waals surface area (Å²) in [6.07, 6.45) is 2.34. The summed E-state index contributed by atoms with van der Waals surface area (Å²) < 4.78 is 11.2. The molecule has 20 heavy (non-hydrogen) atoms. The number of halogens is 1. The Morgan fingerprint density at radius 3 is 2.60 bits per heavy atom. The van der Waals surface area contributed by atoms with Crippen LogP contribution >= 0.6 is 15.9 Å². The molecule has 0 unspecified atom stereocenters. The third-order valence-corrected chi connectivity index (χ3v) is 3.21. The lowest BCUT2D eigenvalue weighted by atomic mass is 10.1. The molecule has 0 radical (unpaired) electrons. The highest BCUT2D eigenvalue weighted by molar-refractivity contribution is 9.10. The summed E-state index contributed by atoms with van der Waals surface area (Å²) >= 11 is 3.39. The molecule has 0 saturated heterocycles. The summed E-state index contributed by atoms with van der Waals surface area (Å²) in [6, 6.07) is 1.69. The Kier molecular flexibility index (Phi) is 4.22. The highest BCUT2D eigenvalue weighted by atomic mass is 79.9. The lowest BCUT2D eigenvalue weighted by Gasteiger charge is -2.23. The Bertz CT molecular complexity index is 522. The Morgan fingerprint density at radius 1 is 1.45 bits per heavy atom. The summed E-state index contributed by atoms with van der Waals surface area (Å²) in [4.78, 5) is 16.3. The summed E-state index contributed by atoms with van der Waals surface area (Å²) in [5, 5.41) is 3.21. The number of ether oxygens (including phenoxy) is 2. The quantitative estimate of drug-likeness (QED) is 0.850. The van der Waals surface area contributed by atoms with Crippen molar-refractivity contribution in [3.63, 3.8) is 0 Å². The van der Waals surface area contributed by atoms with Crippen LogP contribution in [0.5, 0.6) is 5.88 Å². The van der Waals surface area contributed by atoms with E-state index in [2.05, 4.69) is 26.2 Å². The molecule has 1 heterocycles. The molecule has 1 aromatic heterocycles. The Hall–Kier alpha value is -1.30. The summed E-state index contributed by atoms with van der Waals surface area (Å²) in [5.41, 5.74) is 0.165. The third-order valence-electron chi connectivity index (χ3n) is 2.65. The molecule has 5 nitrogen and oxygen atoms in total. The fourth-order valence-corrected chi connectivity index (χ4v) is 2.03. The van der Waals surface area contributed by atoms with E-state index >= 15 is 0 Å². The fraction of sp³-hybridized carbons (Fsp3) is 0.571. The van der Waals surface area contributed by atoms with E-state index in [1.54, 1.807) is 6.07 Å². The molecule has 0 aromatic carbocycles. The minimum Gasteiger partial charge on any atom is -0.473 e. The van der Waals surface area contributed by atoms with Crippen LogP contribution in [0.2, 0.25) is 0 Å². The minimum atomic E-state index is -0.428. The van der Waals surface area contributed by atoms with E-state index in [4.69, 9.17) is 9.47 Å². The second-order valence-electron chi connectivity index (χ2n) is 5.86. The third kappa shape index (κ3) is 3.85. The van der Waals surface area contributed by atoms with Crippen molar-refractivity contribution < 1.29 is 14.3 Å². The number of hydrogen-bond donors (Lipinski definition) is 1. The van der Waals surface area contributed by atoms with Crippen LogP contribution in [0.3, 0.4) is 0 Å². The van der Waals surface area contributed by atoms with E-state index in [9.17, 15) is 4.79 Å². The summed E-state index contributed by atoms with van der Waals surface area (Å²) in [7, 11) is 1.35. The molecule has 1 aliphatic rings. The second-order valence-corrected chi connectivity index (χ2v) is 6.71. The van der Waals surface area contributed by atoms with Gasteiger partial charge in [-0.25, -0.2) is 4.79 Å². The molecule has 0 bridgehead atoms. The van der Waals surface area contributed by atoms with Crippen molar-refractivity contribution in [3.8, 4) is 5.88 Å². The number of methoxy groups -OCH3 is 1. The number of aromatic nitrogens is 1. The SMILES string of the molecule is COC(=O)c1cc(Br)c(OC2CC2)nc1NC(C)(C)C. The van der Waals surface area contributed by atoms with Gasteiger partial charge in [-0.15, -0.1) is 0 Å². The minimum absolute atomic E-state index is 0.222. The molecule has 1 aromatic rings. The molecule has 0 atom stereocenters. The van der Waals surface area contributed by atoms with Gasteiger partial charge in [-0.05, 0) is 55.6 Å². The van der Waals surface area contributed by atoms with Crippen molar-refractivity contribution in [2.24, 2.45) is 0 Å². The number of rotatable bonds is 4. The molecular formula is C14H19BrN2O3. The number of hydrogen-bond acceptors (Lipinski definition) is 5. The van der Waals surface area contributed by atoms with E-state index in [1.807, 2.05) is 20.8 Å². The predicted octanol–water partition coefficient (Wildman–Crippen LogP) is 3.38. The molecule has 1 aliphatic carbocycles. The number of pyridine rings is 1. The maximum atomic E-state index is 11.9. The first kappa shape index (κ1) is 15.1. The highest BCUT2D eigenvalue weighted by Crippen LogP contribution is 2.34. The topological polar surface area (TPSA) is 60.5 Å². The van der Waals surface area contributed by atoms with E-state index in [-0.39, 0.29) is 11.6 Å². The van der Waals surface area contributed by atoms with Crippen LogP contribution in [0.15, 0.2) is 10.5 Å². The van der Waals surface area contributed by atoms with Crippen LogP contribution in [0, 0.1) is 0 Å². The lowest BCUT2D eigenvalue weighted by molar-refractivity contribution is 0.0601. The van der Waals surface area contributed by atoms with Gasteiger partial charge in [-0.2, -0.15) is 4.98 Å². The van der Waals surface area contributed by atoms with Crippen LogP contribution in [0.25, 0.3) is 0 Å². The van der Waals surface area contributed by atoms with Crippen LogP contribution in [0.4, 0.5) is 5.82 Å². The van der Waals surface area contributed by atoms with Gasteiger partial charge in [0.25, 0.3) is 0 Å². The fourth-order valence-electron chi connectivity index (χ4n) is 1.61. The van der Waals surface area contributed by atoms with Gasteiger partial charge in [0.1, 0.15) is 17.5 Å². The maximum absolute atomic E-state index is 11.9. The van der Waals surface area contributed by atoms with Crippen molar-refractivity contribution in [2.75, 3.05) is 12.4 Å². The predicted molar refractivity (Wildman–Crippen MR) is 80.3 cm³/mol. The van der Waals surface area contributed by atoms with Crippen molar-refractivity contribution in [3.05, 3.63) is 16.1 Å². The Balaban J connectivity index is 2.38. The van der Waals surface area contributed by atoms with Crippen molar-refractivity contribution in [1.29, 1.82) is 0 Å². The lowest BCUT2D eigenvalue weighted by Crippen LogP contribution is -2.28. The van der Waals surface area contributed by atoms with Crippen molar-refractivity contribution in [2.45, 2.75) is 45.3 Å². The molecule has 6 heteroatoms. The zero-order valence-electron chi connectivity index (χ0n) is 12.1. The molecule has 110 valence electrons. The maximum Gasteiger partial charge on any atom is 0.341 e. The van der Waals surface area contributed by atoms with Gasteiger partial charge in [0.15, 0.2) is 0 Å². The first-order chi connectivity index (χ1) is 9.30. The first-order valence-electron chi connectivity index (χ1n) is 6.54. The van der Waals surface area contributed by atoms with E-state index < -0.39 is 5.97 Å². The number of anilines is 1. The first-order valence-corrected chi connectivity index (χ1v) is 7.33. The van der Waals surface area contributed by atoms with Crippen LogP contribution in [-0.4, -0.2) is 29.7 Å². The van der Waals surface area contributed by atoms with E-state index in [1.165, 1.54) is 7.11 Å². The largest absolute Gasteiger partial charge is 0.473 e. The Labute approximate surface area is 127 Å². The summed E-state index contributed by atoms with van der Waals surface area (Å²) in [6.45, 7) is 6.00. The normalized spacial score (nSPS) is 14.8. The van der Waals surface area contributed by atoms with Crippen LogP contribution in [0.1, 0.15) is 44.0 Å². The van der Waals surface area contributed by atoms with Crippen LogP contribution in [-0.2, 0) is 4.74 Å². The average molecular weight is 343 g/mol. The molecule has 1 fully saturated rings. The number of esters is 1. The van der Waals surface area contributed by atoms with Gasteiger partial charge >= 0.3 is 5.97 Å². The molecule has 2 rings (SSSR count). The van der Waals surface area contributed by atoms with Gasteiger partial charge in [0.2, 0.25) is 5.88 Å². The molecule has 0 aliphatic heterocycles. The van der Waals surface area contributed by atoms with Crippen molar-refractivity contribution in [1.82, 2.24) is 4.98 Å². The Morgan fingerprint density at radius 2 is 2.10 bits per heavy atom. The van der Waals surface area contributed by atoms with Gasteiger partial charge in [0.05, 0.1) is 11.6 Å². The number of nitrogens with one attached hydrogen (secondary N) is 1. The van der Waals surface area contributed by atoms with E-state index in [0.717, 1.165) is 12.8 Å². The number of nitrogens with zero attached hydrogens (tertiary/aromatic N) is 1. The van der Waals surface area contributed by atoms with Gasteiger partial charge in [-0.1, -0.05) is 0 Å². The molecule has 0 amide bonds. The smallest absolute Gasteiger partial charge is 0.341 e. The second kappa shape index (κ2) is 5.60. The zero-order chi connectivity index (χ0) is 14.9. The molecular weight excluding hydrogens is 324 g/mol. The highest BCUT2D eigenvalue weighted by Gasteiger charge is 2.27. The molecule has 1 N–H and O–H groups in total. The van der Waals surface area contributed by atoms with Gasteiger partial charge < -0.3 is 14.8 Å². The molecule has 1 saturated carbocycles. The number of carbonyl (C=O) groups is 1. The monoisotopic (exact) mass is 342 g/mol. The zero-order valence-corrected chi connectivity index (χ0v) is 13.7. The standard InChI is InChI=1S/C14H19BrN2O3/c1-14(2,3)17-11-9(13(18)19-4)7-10(15)12(16-11)20-8-5-6-8/h7-8H,5-6H2,1-4H3,(H,16,17). The van der Waals surface area contributed by atoms with E-state index in [0.29, 0.717) is 21.7 Å². The van der Waals surface area contributed by atoms with Gasteiger partial charge in [0, 0.05) is 5.54 Å². The van der Waals surface area contributed by atoms with Crippen molar-refractivity contribution >= 4 is 27.7 Å². The molecule has 0 spiro atoms. The summed E-state index contributed by atoms with van der Waals surface area (Å²) in [5.74, 6) is 0.554. The average Bonchev–Trinajstić information content (AvgIpc) is 3.14. The number of carbonyl (C=O) groups excluding carboxylic acids is 1. The van der Waals surface area contributed by atoms with Gasteiger partial charge in [-0.3, -0.25) is 0 Å². The van der Waals surface area contributed by atoms with Crippen LogP contribution < -0.4 is 10.1 Å².